The lowest BCUT2D eigenvalue weighted by Crippen LogP contribution is -2.28. The second-order valence-electron chi connectivity index (χ2n) is 6.09. The van der Waals surface area contributed by atoms with Crippen LogP contribution in [-0.2, 0) is 0 Å². The summed E-state index contributed by atoms with van der Waals surface area (Å²) in [5.41, 5.74) is 0. The van der Waals surface area contributed by atoms with E-state index in [1.54, 1.807) is 0 Å². The minimum atomic E-state index is 0.00497. The monoisotopic (exact) mass is 239 g/mol. The number of nitrogens with zero attached hydrogens (tertiary/aromatic N) is 1. The molecule has 0 aromatic rings. The summed E-state index contributed by atoms with van der Waals surface area (Å²) in [5.74, 6) is 1.57. The molecule has 3 atom stereocenters. The first-order valence-corrected chi connectivity index (χ1v) is 7.70. The lowest BCUT2D eigenvalue weighted by atomic mass is 9.98. The highest BCUT2D eigenvalue weighted by Crippen LogP contribution is 2.29. The van der Waals surface area contributed by atoms with Crippen LogP contribution in [0.1, 0.15) is 58.3 Å². The summed E-state index contributed by atoms with van der Waals surface area (Å²) in [4.78, 5) is 2.64. The highest BCUT2D eigenvalue weighted by Gasteiger charge is 2.25. The summed E-state index contributed by atoms with van der Waals surface area (Å²) in [7, 11) is 0. The molecule has 0 radical (unpaired) electrons. The van der Waals surface area contributed by atoms with Gasteiger partial charge >= 0.3 is 0 Å². The van der Waals surface area contributed by atoms with Crippen molar-refractivity contribution in [2.75, 3.05) is 19.6 Å². The quantitative estimate of drug-likeness (QED) is 0.815. The van der Waals surface area contributed by atoms with Gasteiger partial charge in [-0.15, -0.1) is 0 Å². The van der Waals surface area contributed by atoms with Gasteiger partial charge in [0, 0.05) is 0 Å². The number of rotatable bonds is 4. The lowest BCUT2D eigenvalue weighted by Gasteiger charge is -2.23. The van der Waals surface area contributed by atoms with Crippen LogP contribution in [-0.4, -0.2) is 35.7 Å². The van der Waals surface area contributed by atoms with E-state index in [4.69, 9.17) is 0 Å². The molecule has 3 unspecified atom stereocenters. The van der Waals surface area contributed by atoms with E-state index in [-0.39, 0.29) is 6.10 Å². The molecule has 1 N–H and O–H groups in total. The first-order chi connectivity index (χ1) is 8.29. The van der Waals surface area contributed by atoms with Crippen molar-refractivity contribution in [2.45, 2.75) is 64.4 Å². The van der Waals surface area contributed by atoms with Crippen molar-refractivity contribution in [3.05, 3.63) is 0 Å². The average molecular weight is 239 g/mol. The Hall–Kier alpha value is -0.0800. The van der Waals surface area contributed by atoms with Crippen molar-refractivity contribution < 1.29 is 5.11 Å². The molecule has 2 rings (SSSR count). The molecule has 0 aromatic carbocycles. The van der Waals surface area contributed by atoms with Crippen molar-refractivity contribution >= 4 is 0 Å². The van der Waals surface area contributed by atoms with Crippen LogP contribution in [0.5, 0.6) is 0 Å². The van der Waals surface area contributed by atoms with E-state index < -0.39 is 0 Å². The summed E-state index contributed by atoms with van der Waals surface area (Å²) >= 11 is 0. The zero-order chi connectivity index (χ0) is 12.1. The number of aliphatic hydroxyl groups is 1. The number of hydrogen-bond acceptors (Lipinski definition) is 2. The van der Waals surface area contributed by atoms with Crippen molar-refractivity contribution in [3.63, 3.8) is 0 Å². The number of likely N-dealkylation sites (tertiary alicyclic amines) is 1. The maximum atomic E-state index is 9.84. The van der Waals surface area contributed by atoms with E-state index in [1.165, 1.54) is 64.6 Å². The van der Waals surface area contributed by atoms with Crippen LogP contribution in [0.4, 0.5) is 0 Å². The van der Waals surface area contributed by atoms with Gasteiger partial charge in [0.05, 0.1) is 6.10 Å². The summed E-state index contributed by atoms with van der Waals surface area (Å²) in [6.45, 7) is 6.13. The van der Waals surface area contributed by atoms with Crippen LogP contribution >= 0.6 is 0 Å². The van der Waals surface area contributed by atoms with Gasteiger partial charge in [-0.25, -0.2) is 0 Å². The van der Waals surface area contributed by atoms with Gasteiger partial charge in [0.15, 0.2) is 0 Å². The topological polar surface area (TPSA) is 23.5 Å². The van der Waals surface area contributed by atoms with Gasteiger partial charge in [-0.3, -0.25) is 0 Å². The fourth-order valence-corrected chi connectivity index (χ4v) is 3.56. The van der Waals surface area contributed by atoms with Crippen molar-refractivity contribution in [1.82, 2.24) is 4.90 Å². The second kappa shape index (κ2) is 6.75. The van der Waals surface area contributed by atoms with E-state index in [0.717, 1.165) is 12.3 Å². The minimum Gasteiger partial charge on any atom is -0.393 e. The van der Waals surface area contributed by atoms with Crippen LogP contribution in [0.15, 0.2) is 0 Å². The maximum Gasteiger partial charge on any atom is 0.0568 e. The zero-order valence-corrected chi connectivity index (χ0v) is 11.4. The SMILES string of the molecule is CCC1CCCN(CCC2CCCC2O)CC1. The Bertz CT molecular complexity index is 219. The van der Waals surface area contributed by atoms with Gasteiger partial charge in [-0.05, 0) is 70.0 Å². The molecule has 1 heterocycles. The first kappa shape index (κ1) is 13.4. The van der Waals surface area contributed by atoms with E-state index in [2.05, 4.69) is 11.8 Å². The largest absolute Gasteiger partial charge is 0.393 e. The van der Waals surface area contributed by atoms with E-state index in [0.29, 0.717) is 5.92 Å². The molecule has 1 saturated carbocycles. The molecule has 17 heavy (non-hydrogen) atoms. The Morgan fingerprint density at radius 1 is 1.06 bits per heavy atom. The maximum absolute atomic E-state index is 9.84. The normalized spacial score (nSPS) is 36.0. The minimum absolute atomic E-state index is 0.00497. The van der Waals surface area contributed by atoms with Crippen molar-refractivity contribution in [2.24, 2.45) is 11.8 Å². The summed E-state index contributed by atoms with van der Waals surface area (Å²) in [5, 5.41) is 9.84. The molecular weight excluding hydrogens is 210 g/mol. The Kier molecular flexibility index (Phi) is 5.30. The van der Waals surface area contributed by atoms with Gasteiger partial charge in [-0.2, -0.15) is 0 Å². The summed E-state index contributed by atoms with van der Waals surface area (Å²) in [6.07, 6.45) is 10.3. The third-order valence-corrected chi connectivity index (χ3v) is 4.95. The third kappa shape index (κ3) is 3.96. The Morgan fingerprint density at radius 3 is 2.65 bits per heavy atom. The molecule has 2 fully saturated rings. The molecular formula is C15H29NO. The molecule has 1 aliphatic heterocycles. The fourth-order valence-electron chi connectivity index (χ4n) is 3.56. The highest BCUT2D eigenvalue weighted by molar-refractivity contribution is 4.78. The van der Waals surface area contributed by atoms with E-state index >= 15 is 0 Å². The lowest BCUT2D eigenvalue weighted by molar-refractivity contribution is 0.118. The second-order valence-corrected chi connectivity index (χ2v) is 6.09. The first-order valence-electron chi connectivity index (χ1n) is 7.70. The summed E-state index contributed by atoms with van der Waals surface area (Å²) < 4.78 is 0. The molecule has 100 valence electrons. The molecule has 2 aliphatic rings. The molecule has 2 nitrogen and oxygen atoms in total. The van der Waals surface area contributed by atoms with Crippen LogP contribution in [0.2, 0.25) is 0 Å². The van der Waals surface area contributed by atoms with Crippen molar-refractivity contribution in [1.29, 1.82) is 0 Å². The molecule has 0 spiro atoms. The summed E-state index contributed by atoms with van der Waals surface area (Å²) in [6, 6.07) is 0. The van der Waals surface area contributed by atoms with E-state index in [1.807, 2.05) is 0 Å². The van der Waals surface area contributed by atoms with E-state index in [9.17, 15) is 5.11 Å². The molecule has 0 amide bonds. The van der Waals surface area contributed by atoms with Gasteiger partial charge < -0.3 is 10.0 Å². The Balaban J connectivity index is 1.68. The molecule has 0 aromatic heterocycles. The van der Waals surface area contributed by atoms with Gasteiger partial charge in [-0.1, -0.05) is 19.8 Å². The fraction of sp³-hybridized carbons (Fsp3) is 1.00. The Labute approximate surface area is 106 Å². The van der Waals surface area contributed by atoms with Crippen molar-refractivity contribution in [3.8, 4) is 0 Å². The highest BCUT2D eigenvalue weighted by atomic mass is 16.3. The predicted octanol–water partition coefficient (Wildman–Crippen LogP) is 3.05. The molecule has 1 aliphatic carbocycles. The number of aliphatic hydroxyl groups excluding tert-OH is 1. The van der Waals surface area contributed by atoms with Crippen LogP contribution in [0, 0.1) is 11.8 Å². The molecule has 2 heteroatoms. The standard InChI is InChI=1S/C15H29NO/c1-2-13-5-4-10-16(11-8-13)12-9-14-6-3-7-15(14)17/h13-15,17H,2-12H2,1H3. The smallest absolute Gasteiger partial charge is 0.0568 e. The third-order valence-electron chi connectivity index (χ3n) is 4.95. The van der Waals surface area contributed by atoms with Crippen LogP contribution in [0.3, 0.4) is 0 Å². The average Bonchev–Trinajstić information content (AvgIpc) is 2.63. The zero-order valence-electron chi connectivity index (χ0n) is 11.4. The van der Waals surface area contributed by atoms with Crippen LogP contribution < -0.4 is 0 Å². The molecule has 1 saturated heterocycles. The Morgan fingerprint density at radius 2 is 1.94 bits per heavy atom. The molecule has 0 bridgehead atoms. The van der Waals surface area contributed by atoms with Gasteiger partial charge in [0.25, 0.3) is 0 Å². The predicted molar refractivity (Wildman–Crippen MR) is 72.0 cm³/mol. The van der Waals surface area contributed by atoms with Gasteiger partial charge in [0.2, 0.25) is 0 Å². The number of hydrogen-bond donors (Lipinski definition) is 1. The van der Waals surface area contributed by atoms with Gasteiger partial charge in [0.1, 0.15) is 0 Å². The van der Waals surface area contributed by atoms with Crippen LogP contribution in [0.25, 0.3) is 0 Å².